The van der Waals surface area contributed by atoms with E-state index in [1.54, 1.807) is 7.11 Å². The van der Waals surface area contributed by atoms with Crippen molar-refractivity contribution in [2.24, 2.45) is 0 Å². The molecule has 0 aromatic heterocycles. The highest BCUT2D eigenvalue weighted by Gasteiger charge is 2.25. The van der Waals surface area contributed by atoms with Gasteiger partial charge in [-0.05, 0) is 55.1 Å². The van der Waals surface area contributed by atoms with Gasteiger partial charge in [0.05, 0.1) is 6.10 Å². The maximum Gasteiger partial charge on any atom is 0.188 e. The average molecular weight is 422 g/mol. The summed E-state index contributed by atoms with van der Waals surface area (Å²) in [6, 6.07) is 25.5. The number of methoxy groups -OCH3 is 1. The molecule has 3 aromatic carbocycles. The van der Waals surface area contributed by atoms with Crippen LogP contribution < -0.4 is 9.47 Å². The van der Waals surface area contributed by atoms with Crippen molar-refractivity contribution in [3.05, 3.63) is 95.6 Å². The van der Waals surface area contributed by atoms with Crippen LogP contribution in [0, 0.1) is 0 Å². The van der Waals surface area contributed by atoms with Crippen LogP contribution in [0.3, 0.4) is 0 Å². The Labute approximate surface area is 184 Å². The highest BCUT2D eigenvalue weighted by molar-refractivity contribution is 5.41. The van der Waals surface area contributed by atoms with E-state index in [-0.39, 0.29) is 12.7 Å². The normalized spacial score (nSPS) is 13.1. The number of hydrogen-bond acceptors (Lipinski definition) is 5. The van der Waals surface area contributed by atoms with Gasteiger partial charge in [-0.1, -0.05) is 54.6 Å². The standard InChI is InChI=1S/C26H31NO4/c1-27(2)17-18-30-23-13-9-20(10-14-23)25(26(28)22-7-5-4-6-8-22)21-11-15-24(16-12-21)31-19-29-3/h4-16,25-26,28H,17-19H2,1-3H3/t25-,26+/m1/s1. The maximum atomic E-state index is 11.3. The zero-order chi connectivity index (χ0) is 22.1. The second-order valence-electron chi connectivity index (χ2n) is 7.67. The first-order chi connectivity index (χ1) is 15.1. The van der Waals surface area contributed by atoms with Crippen molar-refractivity contribution in [2.45, 2.75) is 12.0 Å². The van der Waals surface area contributed by atoms with Crippen LogP contribution in [0.2, 0.25) is 0 Å². The SMILES string of the molecule is COCOc1ccc([C@@H](c2ccc(OCCN(C)C)cc2)[C@@H](O)c2ccccc2)cc1. The van der Waals surface area contributed by atoms with E-state index in [9.17, 15) is 5.11 Å². The Bertz CT molecular complexity index is 895. The first kappa shape index (κ1) is 22.8. The second-order valence-corrected chi connectivity index (χ2v) is 7.67. The lowest BCUT2D eigenvalue weighted by Gasteiger charge is -2.25. The molecule has 1 N–H and O–H groups in total. The summed E-state index contributed by atoms with van der Waals surface area (Å²) in [7, 11) is 5.63. The Kier molecular flexibility index (Phi) is 8.47. The number of likely N-dealkylation sites (N-methyl/N-ethyl adjacent to an activating group) is 1. The molecule has 0 saturated heterocycles. The highest BCUT2D eigenvalue weighted by Crippen LogP contribution is 2.38. The molecule has 2 atom stereocenters. The number of rotatable bonds is 11. The number of nitrogens with zero attached hydrogens (tertiary/aromatic N) is 1. The topological polar surface area (TPSA) is 51.2 Å². The average Bonchev–Trinajstić information content (AvgIpc) is 2.80. The molecule has 0 spiro atoms. The van der Waals surface area contributed by atoms with Crippen molar-refractivity contribution in [1.29, 1.82) is 0 Å². The minimum absolute atomic E-state index is 0.199. The van der Waals surface area contributed by atoms with Gasteiger partial charge in [-0.25, -0.2) is 0 Å². The molecule has 0 aliphatic carbocycles. The quantitative estimate of drug-likeness (QED) is 0.463. The van der Waals surface area contributed by atoms with Gasteiger partial charge in [-0.3, -0.25) is 0 Å². The third kappa shape index (κ3) is 6.56. The smallest absolute Gasteiger partial charge is 0.188 e. The summed E-state index contributed by atoms with van der Waals surface area (Å²) in [5.41, 5.74) is 2.89. The summed E-state index contributed by atoms with van der Waals surface area (Å²) in [5, 5.41) is 11.3. The second kappa shape index (κ2) is 11.5. The lowest BCUT2D eigenvalue weighted by Crippen LogP contribution is -2.19. The number of ether oxygens (including phenoxy) is 3. The predicted octanol–water partition coefficient (Wildman–Crippen LogP) is 4.48. The van der Waals surface area contributed by atoms with E-state index in [0.717, 1.165) is 34.7 Å². The van der Waals surface area contributed by atoms with Gasteiger partial charge in [0, 0.05) is 19.6 Å². The molecule has 164 valence electrons. The zero-order valence-corrected chi connectivity index (χ0v) is 18.4. The summed E-state index contributed by atoms with van der Waals surface area (Å²) in [4.78, 5) is 2.08. The van der Waals surface area contributed by atoms with E-state index in [1.807, 2.05) is 93.0 Å². The van der Waals surface area contributed by atoms with Gasteiger partial charge in [0.25, 0.3) is 0 Å². The fourth-order valence-electron chi connectivity index (χ4n) is 3.42. The van der Waals surface area contributed by atoms with Crippen molar-refractivity contribution in [3.63, 3.8) is 0 Å². The number of aliphatic hydroxyl groups is 1. The van der Waals surface area contributed by atoms with Crippen LogP contribution in [0.1, 0.15) is 28.7 Å². The molecular formula is C26H31NO4. The van der Waals surface area contributed by atoms with Gasteiger partial charge in [-0.15, -0.1) is 0 Å². The van der Waals surface area contributed by atoms with Gasteiger partial charge in [-0.2, -0.15) is 0 Å². The van der Waals surface area contributed by atoms with E-state index in [1.165, 1.54) is 0 Å². The molecule has 0 aliphatic rings. The fraction of sp³-hybridized carbons (Fsp3) is 0.308. The van der Waals surface area contributed by atoms with Crippen LogP contribution in [0.5, 0.6) is 11.5 Å². The molecule has 0 heterocycles. The molecule has 31 heavy (non-hydrogen) atoms. The first-order valence-electron chi connectivity index (χ1n) is 10.4. The van der Waals surface area contributed by atoms with Crippen molar-refractivity contribution in [1.82, 2.24) is 4.90 Å². The molecule has 0 saturated carbocycles. The van der Waals surface area contributed by atoms with Gasteiger partial charge in [0.2, 0.25) is 0 Å². The van der Waals surface area contributed by atoms with Crippen molar-refractivity contribution >= 4 is 0 Å². The predicted molar refractivity (Wildman–Crippen MR) is 123 cm³/mol. The minimum atomic E-state index is -0.688. The number of benzene rings is 3. The van der Waals surface area contributed by atoms with Crippen LogP contribution >= 0.6 is 0 Å². The van der Waals surface area contributed by atoms with E-state index in [4.69, 9.17) is 14.2 Å². The Balaban J connectivity index is 1.85. The van der Waals surface area contributed by atoms with Crippen molar-refractivity contribution < 1.29 is 19.3 Å². The summed E-state index contributed by atoms with van der Waals surface area (Å²) in [5.74, 6) is 1.32. The monoisotopic (exact) mass is 421 g/mol. The van der Waals surface area contributed by atoms with Crippen LogP contribution in [0.4, 0.5) is 0 Å². The third-order valence-corrected chi connectivity index (χ3v) is 5.09. The van der Waals surface area contributed by atoms with Crippen molar-refractivity contribution in [2.75, 3.05) is 41.1 Å². The largest absolute Gasteiger partial charge is 0.492 e. The third-order valence-electron chi connectivity index (χ3n) is 5.09. The van der Waals surface area contributed by atoms with Crippen LogP contribution in [0.15, 0.2) is 78.9 Å². The lowest BCUT2D eigenvalue weighted by atomic mass is 9.83. The summed E-state index contributed by atoms with van der Waals surface area (Å²) < 4.78 is 16.3. The van der Waals surface area contributed by atoms with Gasteiger partial charge >= 0.3 is 0 Å². The molecule has 3 aromatic rings. The molecule has 0 bridgehead atoms. The molecule has 5 nitrogen and oxygen atoms in total. The van der Waals surface area contributed by atoms with E-state index >= 15 is 0 Å². The Hall–Kier alpha value is -2.86. The van der Waals surface area contributed by atoms with E-state index in [2.05, 4.69) is 4.90 Å². The summed E-state index contributed by atoms with van der Waals surface area (Å²) >= 11 is 0. The van der Waals surface area contributed by atoms with E-state index < -0.39 is 6.10 Å². The molecule has 5 heteroatoms. The Morgan fingerprint density at radius 1 is 0.742 bits per heavy atom. The maximum absolute atomic E-state index is 11.3. The molecule has 0 amide bonds. The molecule has 0 radical (unpaired) electrons. The Morgan fingerprint density at radius 3 is 1.81 bits per heavy atom. The number of hydrogen-bond donors (Lipinski definition) is 1. The van der Waals surface area contributed by atoms with Crippen LogP contribution in [-0.2, 0) is 4.74 Å². The van der Waals surface area contributed by atoms with Gasteiger partial charge < -0.3 is 24.2 Å². The molecule has 0 aliphatic heterocycles. The summed E-state index contributed by atoms with van der Waals surface area (Å²) in [6.07, 6.45) is -0.688. The number of aliphatic hydroxyl groups excluding tert-OH is 1. The van der Waals surface area contributed by atoms with Crippen molar-refractivity contribution in [3.8, 4) is 11.5 Å². The van der Waals surface area contributed by atoms with E-state index in [0.29, 0.717) is 6.61 Å². The first-order valence-corrected chi connectivity index (χ1v) is 10.4. The molecule has 3 rings (SSSR count). The van der Waals surface area contributed by atoms with Gasteiger partial charge in [0.15, 0.2) is 6.79 Å². The Morgan fingerprint density at radius 2 is 1.29 bits per heavy atom. The lowest BCUT2D eigenvalue weighted by molar-refractivity contribution is 0.0511. The molecule has 0 unspecified atom stereocenters. The summed E-state index contributed by atoms with van der Waals surface area (Å²) in [6.45, 7) is 1.69. The highest BCUT2D eigenvalue weighted by atomic mass is 16.7. The zero-order valence-electron chi connectivity index (χ0n) is 18.4. The molecular weight excluding hydrogens is 390 g/mol. The van der Waals surface area contributed by atoms with Gasteiger partial charge in [0.1, 0.15) is 18.1 Å². The minimum Gasteiger partial charge on any atom is -0.492 e. The fourth-order valence-corrected chi connectivity index (χ4v) is 3.42. The van der Waals surface area contributed by atoms with Crippen LogP contribution in [-0.4, -0.2) is 51.2 Å². The van der Waals surface area contributed by atoms with Crippen LogP contribution in [0.25, 0.3) is 0 Å². The molecule has 0 fully saturated rings.